The number of hydrogen-bond acceptors (Lipinski definition) is 4. The maximum Gasteiger partial charge on any atom is 0.259 e. The van der Waals surface area contributed by atoms with Crippen LogP contribution in [0.3, 0.4) is 0 Å². The van der Waals surface area contributed by atoms with Gasteiger partial charge in [0.2, 0.25) is 0 Å². The van der Waals surface area contributed by atoms with E-state index in [4.69, 9.17) is 21.9 Å². The average Bonchev–Trinajstić information content (AvgIpc) is 2.75. The number of hydrogen-bond donors (Lipinski definition) is 1. The van der Waals surface area contributed by atoms with Crippen LogP contribution in [0.4, 0.5) is 5.69 Å². The van der Waals surface area contributed by atoms with Crippen LogP contribution in [0.5, 0.6) is 0 Å². The van der Waals surface area contributed by atoms with Gasteiger partial charge in [0.1, 0.15) is 0 Å². The fourth-order valence-electron chi connectivity index (χ4n) is 1.59. The zero-order chi connectivity index (χ0) is 13.1. The van der Waals surface area contributed by atoms with E-state index in [2.05, 4.69) is 24.0 Å². The molecule has 96 valence electrons. The van der Waals surface area contributed by atoms with E-state index in [1.165, 1.54) is 0 Å². The van der Waals surface area contributed by atoms with Gasteiger partial charge in [-0.15, -0.1) is 0 Å². The number of halogens is 1. The van der Waals surface area contributed by atoms with E-state index in [9.17, 15) is 0 Å². The summed E-state index contributed by atoms with van der Waals surface area (Å²) in [5.74, 6) is 1.78. The number of benzene rings is 1. The van der Waals surface area contributed by atoms with Crippen LogP contribution >= 0.6 is 11.6 Å². The van der Waals surface area contributed by atoms with Crippen molar-refractivity contribution in [3.05, 3.63) is 29.0 Å². The second kappa shape index (κ2) is 5.40. The van der Waals surface area contributed by atoms with Gasteiger partial charge in [-0.25, -0.2) is 0 Å². The van der Waals surface area contributed by atoms with Crippen molar-refractivity contribution in [1.82, 2.24) is 10.1 Å². The number of nitrogen functional groups attached to an aromatic ring is 1. The number of rotatable bonds is 4. The van der Waals surface area contributed by atoms with Crippen molar-refractivity contribution in [2.45, 2.75) is 26.7 Å². The lowest BCUT2D eigenvalue weighted by Gasteiger charge is -2.00. The van der Waals surface area contributed by atoms with Gasteiger partial charge in [0.25, 0.3) is 5.89 Å². The Labute approximate surface area is 111 Å². The molecule has 2 aromatic rings. The summed E-state index contributed by atoms with van der Waals surface area (Å²) in [5, 5.41) is 4.47. The second-order valence-electron chi connectivity index (χ2n) is 4.69. The highest BCUT2D eigenvalue weighted by Gasteiger charge is 2.12. The van der Waals surface area contributed by atoms with E-state index in [0.717, 1.165) is 12.8 Å². The minimum atomic E-state index is 0.443. The molecule has 0 aliphatic carbocycles. The lowest BCUT2D eigenvalue weighted by atomic mass is 10.1. The van der Waals surface area contributed by atoms with Crippen molar-refractivity contribution in [2.24, 2.45) is 5.92 Å². The highest BCUT2D eigenvalue weighted by Crippen LogP contribution is 2.28. The van der Waals surface area contributed by atoms with Gasteiger partial charge in [-0.1, -0.05) is 30.6 Å². The van der Waals surface area contributed by atoms with Gasteiger partial charge in [-0.3, -0.25) is 0 Å². The highest BCUT2D eigenvalue weighted by molar-refractivity contribution is 6.33. The van der Waals surface area contributed by atoms with E-state index >= 15 is 0 Å². The van der Waals surface area contributed by atoms with E-state index in [1.807, 2.05) is 0 Å². The molecule has 5 heteroatoms. The van der Waals surface area contributed by atoms with Gasteiger partial charge in [0.05, 0.1) is 10.6 Å². The first-order valence-corrected chi connectivity index (χ1v) is 6.32. The normalized spacial score (nSPS) is 11.1. The molecule has 1 aromatic heterocycles. The number of aromatic nitrogens is 2. The molecule has 1 aromatic carbocycles. The molecular weight excluding hydrogens is 250 g/mol. The van der Waals surface area contributed by atoms with Crippen LogP contribution in [0.25, 0.3) is 11.5 Å². The lowest BCUT2D eigenvalue weighted by molar-refractivity contribution is 0.419. The Kier molecular flexibility index (Phi) is 3.87. The number of aryl methyl sites for hydroxylation is 1. The summed E-state index contributed by atoms with van der Waals surface area (Å²) in [4.78, 5) is 4.34. The molecule has 0 spiro atoms. The summed E-state index contributed by atoms with van der Waals surface area (Å²) in [6, 6.07) is 5.23. The average molecular weight is 266 g/mol. The van der Waals surface area contributed by atoms with Gasteiger partial charge < -0.3 is 10.3 Å². The molecule has 0 saturated carbocycles. The molecule has 2 N–H and O–H groups in total. The van der Waals surface area contributed by atoms with Crippen molar-refractivity contribution in [3.8, 4) is 11.5 Å². The topological polar surface area (TPSA) is 64.9 Å². The van der Waals surface area contributed by atoms with Crippen LogP contribution in [-0.4, -0.2) is 10.1 Å². The number of nitrogens with two attached hydrogens (primary N) is 1. The predicted molar refractivity (Wildman–Crippen MR) is 72.3 cm³/mol. The summed E-state index contributed by atoms with van der Waals surface area (Å²) < 4.78 is 5.22. The van der Waals surface area contributed by atoms with Crippen molar-refractivity contribution >= 4 is 17.3 Å². The summed E-state index contributed by atoms with van der Waals surface area (Å²) in [6.07, 6.45) is 1.85. The number of anilines is 1. The Balaban J connectivity index is 2.18. The molecule has 0 aliphatic heterocycles. The minimum Gasteiger partial charge on any atom is -0.399 e. The molecule has 0 radical (unpaired) electrons. The zero-order valence-corrected chi connectivity index (χ0v) is 11.2. The smallest absolute Gasteiger partial charge is 0.259 e. The van der Waals surface area contributed by atoms with Crippen LogP contribution in [0.2, 0.25) is 5.02 Å². The minimum absolute atomic E-state index is 0.443. The molecule has 0 aliphatic rings. The number of nitrogens with zero attached hydrogens (tertiary/aromatic N) is 2. The van der Waals surface area contributed by atoms with Crippen LogP contribution in [0.15, 0.2) is 22.7 Å². The monoisotopic (exact) mass is 265 g/mol. The summed E-state index contributed by atoms with van der Waals surface area (Å²) in [5.41, 5.74) is 6.97. The second-order valence-corrected chi connectivity index (χ2v) is 5.09. The fraction of sp³-hybridized carbons (Fsp3) is 0.385. The van der Waals surface area contributed by atoms with Crippen LogP contribution in [-0.2, 0) is 6.42 Å². The maximum absolute atomic E-state index is 6.09. The molecule has 0 saturated heterocycles. The first-order valence-electron chi connectivity index (χ1n) is 5.94. The van der Waals surface area contributed by atoms with Gasteiger partial charge >= 0.3 is 0 Å². The fourth-order valence-corrected chi connectivity index (χ4v) is 1.86. The van der Waals surface area contributed by atoms with Crippen molar-refractivity contribution in [1.29, 1.82) is 0 Å². The summed E-state index contributed by atoms with van der Waals surface area (Å²) >= 11 is 6.09. The molecule has 18 heavy (non-hydrogen) atoms. The highest BCUT2D eigenvalue weighted by atomic mass is 35.5. The Morgan fingerprint density at radius 3 is 2.83 bits per heavy atom. The van der Waals surface area contributed by atoms with E-state index in [1.54, 1.807) is 18.2 Å². The standard InChI is InChI=1S/C13H16ClN3O/c1-8(2)3-6-12-16-13(18-17-12)10-5-4-9(15)7-11(10)14/h4-5,7-8H,3,6,15H2,1-2H3. The third kappa shape index (κ3) is 3.01. The molecule has 4 nitrogen and oxygen atoms in total. The van der Waals surface area contributed by atoms with Gasteiger partial charge in [-0.2, -0.15) is 4.98 Å². The zero-order valence-electron chi connectivity index (χ0n) is 10.5. The van der Waals surface area contributed by atoms with Crippen LogP contribution in [0, 0.1) is 5.92 Å². The largest absolute Gasteiger partial charge is 0.399 e. The maximum atomic E-state index is 6.09. The molecule has 1 heterocycles. The van der Waals surface area contributed by atoms with Crippen molar-refractivity contribution in [2.75, 3.05) is 5.73 Å². The Bertz CT molecular complexity index is 537. The lowest BCUT2D eigenvalue weighted by Crippen LogP contribution is -1.94. The molecule has 0 bridgehead atoms. The van der Waals surface area contributed by atoms with Gasteiger partial charge in [0.15, 0.2) is 5.82 Å². The molecule has 0 unspecified atom stereocenters. The molecule has 2 rings (SSSR count). The Hall–Kier alpha value is -1.55. The summed E-state index contributed by atoms with van der Waals surface area (Å²) in [7, 11) is 0. The van der Waals surface area contributed by atoms with Crippen molar-refractivity contribution < 1.29 is 4.52 Å². The summed E-state index contributed by atoms with van der Waals surface area (Å²) in [6.45, 7) is 4.33. The molecule has 0 amide bonds. The van der Waals surface area contributed by atoms with E-state index in [0.29, 0.717) is 33.9 Å². The van der Waals surface area contributed by atoms with E-state index < -0.39 is 0 Å². The van der Waals surface area contributed by atoms with Crippen LogP contribution < -0.4 is 5.73 Å². The third-order valence-corrected chi connectivity index (χ3v) is 2.95. The third-order valence-electron chi connectivity index (χ3n) is 2.64. The molecular formula is C13H16ClN3O. The first kappa shape index (κ1) is 12.9. The quantitative estimate of drug-likeness (QED) is 0.859. The first-order chi connectivity index (χ1) is 8.56. The Morgan fingerprint density at radius 2 is 2.17 bits per heavy atom. The van der Waals surface area contributed by atoms with Crippen LogP contribution in [0.1, 0.15) is 26.1 Å². The SMILES string of the molecule is CC(C)CCc1noc(-c2ccc(N)cc2Cl)n1. The van der Waals surface area contributed by atoms with Gasteiger partial charge in [-0.05, 0) is 30.5 Å². The molecule has 0 atom stereocenters. The van der Waals surface area contributed by atoms with Gasteiger partial charge in [0, 0.05) is 12.1 Å². The van der Waals surface area contributed by atoms with Crippen molar-refractivity contribution in [3.63, 3.8) is 0 Å². The molecule has 0 fully saturated rings. The Morgan fingerprint density at radius 1 is 1.39 bits per heavy atom. The predicted octanol–water partition coefficient (Wildman–Crippen LogP) is 3.56. The van der Waals surface area contributed by atoms with E-state index in [-0.39, 0.29) is 0 Å².